The third-order valence-electron chi connectivity index (χ3n) is 4.26. The molecule has 0 unspecified atom stereocenters. The lowest BCUT2D eigenvalue weighted by Gasteiger charge is -2.33. The van der Waals surface area contributed by atoms with E-state index in [2.05, 4.69) is 10.2 Å². The predicted octanol–water partition coefficient (Wildman–Crippen LogP) is 1.17. The van der Waals surface area contributed by atoms with Crippen LogP contribution in [0.25, 0.3) is 0 Å². The Morgan fingerprint density at radius 3 is 2.75 bits per heavy atom. The van der Waals surface area contributed by atoms with Gasteiger partial charge in [-0.25, -0.2) is 0 Å². The molecule has 0 saturated carbocycles. The van der Waals surface area contributed by atoms with E-state index in [0.29, 0.717) is 18.6 Å². The van der Waals surface area contributed by atoms with Gasteiger partial charge in [0.25, 0.3) is 0 Å². The molecule has 0 aliphatic carbocycles. The molecular weight excluding hydrogens is 256 g/mol. The van der Waals surface area contributed by atoms with Crippen LogP contribution < -0.4 is 5.32 Å². The first-order valence-electron chi connectivity index (χ1n) is 7.94. The van der Waals surface area contributed by atoms with Crippen LogP contribution in [-0.2, 0) is 14.3 Å². The Labute approximate surface area is 122 Å². The Morgan fingerprint density at radius 2 is 2.10 bits per heavy atom. The number of piperidine rings is 1. The lowest BCUT2D eigenvalue weighted by atomic mass is 10.1. The Kier molecular flexibility index (Phi) is 6.76. The molecule has 0 aromatic heterocycles. The Morgan fingerprint density at radius 1 is 1.30 bits per heavy atom. The topological polar surface area (TPSA) is 50.8 Å². The Hall–Kier alpha value is -0.650. The van der Waals surface area contributed by atoms with Crippen LogP contribution in [0.5, 0.6) is 0 Å². The normalized spacial score (nSPS) is 25.6. The van der Waals surface area contributed by atoms with E-state index in [4.69, 9.17) is 9.47 Å². The van der Waals surface area contributed by atoms with Crippen LogP contribution >= 0.6 is 0 Å². The molecule has 0 spiro atoms. The van der Waals surface area contributed by atoms with Gasteiger partial charge in [0.05, 0.1) is 18.8 Å². The lowest BCUT2D eigenvalue weighted by Crippen LogP contribution is -2.39. The average molecular weight is 284 g/mol. The summed E-state index contributed by atoms with van der Waals surface area (Å²) in [5.74, 6) is 0.123. The van der Waals surface area contributed by atoms with E-state index in [9.17, 15) is 4.79 Å². The van der Waals surface area contributed by atoms with Gasteiger partial charge in [-0.05, 0) is 32.1 Å². The molecule has 2 aliphatic rings. The zero-order valence-electron chi connectivity index (χ0n) is 12.6. The van der Waals surface area contributed by atoms with Crippen molar-refractivity contribution in [3.63, 3.8) is 0 Å². The minimum absolute atomic E-state index is 0.123. The molecule has 2 rings (SSSR count). The maximum Gasteiger partial charge on any atom is 0.221 e. The monoisotopic (exact) mass is 284 g/mol. The first kappa shape index (κ1) is 15.7. The van der Waals surface area contributed by atoms with Crippen molar-refractivity contribution >= 4 is 5.91 Å². The summed E-state index contributed by atoms with van der Waals surface area (Å²) in [6, 6.07) is 0. The molecular formula is C15H28N2O3. The molecule has 2 fully saturated rings. The van der Waals surface area contributed by atoms with Gasteiger partial charge in [-0.1, -0.05) is 0 Å². The van der Waals surface area contributed by atoms with Crippen LogP contribution in [0, 0.1) is 0 Å². The second kappa shape index (κ2) is 8.60. The number of hydrogen-bond acceptors (Lipinski definition) is 4. The van der Waals surface area contributed by atoms with Gasteiger partial charge < -0.3 is 19.7 Å². The average Bonchev–Trinajstić information content (AvgIpc) is 2.52. The minimum Gasteiger partial charge on any atom is -0.376 e. The predicted molar refractivity (Wildman–Crippen MR) is 77.7 cm³/mol. The number of nitrogens with zero attached hydrogens (tertiary/aromatic N) is 1. The van der Waals surface area contributed by atoms with Crippen LogP contribution in [0.2, 0.25) is 0 Å². The van der Waals surface area contributed by atoms with Gasteiger partial charge in [0.15, 0.2) is 0 Å². The van der Waals surface area contributed by atoms with Gasteiger partial charge in [0, 0.05) is 39.7 Å². The molecule has 5 nitrogen and oxygen atoms in total. The molecule has 20 heavy (non-hydrogen) atoms. The summed E-state index contributed by atoms with van der Waals surface area (Å²) in [4.78, 5) is 13.6. The third kappa shape index (κ3) is 5.38. The molecule has 0 radical (unpaired) electrons. The fourth-order valence-corrected chi connectivity index (χ4v) is 2.87. The highest BCUT2D eigenvalue weighted by atomic mass is 16.5. The minimum atomic E-state index is 0.123. The van der Waals surface area contributed by atoms with Gasteiger partial charge in [-0.15, -0.1) is 0 Å². The zero-order chi connectivity index (χ0) is 14.2. The summed E-state index contributed by atoms with van der Waals surface area (Å²) in [5, 5.41) is 2.67. The Bertz CT molecular complexity index is 285. The summed E-state index contributed by atoms with van der Waals surface area (Å²) in [7, 11) is 1.69. The molecule has 2 aliphatic heterocycles. The van der Waals surface area contributed by atoms with Crippen LogP contribution in [0.1, 0.15) is 38.5 Å². The molecule has 1 amide bonds. The van der Waals surface area contributed by atoms with Gasteiger partial charge in [-0.3, -0.25) is 4.79 Å². The number of amides is 1. The van der Waals surface area contributed by atoms with Crippen LogP contribution in [0.15, 0.2) is 0 Å². The molecule has 2 heterocycles. The summed E-state index contributed by atoms with van der Waals surface area (Å²) in [6.07, 6.45) is 7.03. The Balaban J connectivity index is 1.55. The molecule has 1 N–H and O–H groups in total. The third-order valence-corrected chi connectivity index (χ3v) is 4.26. The van der Waals surface area contributed by atoms with Crippen molar-refractivity contribution in [3.05, 3.63) is 0 Å². The van der Waals surface area contributed by atoms with Crippen molar-refractivity contribution in [2.45, 2.75) is 50.7 Å². The van der Waals surface area contributed by atoms with Crippen molar-refractivity contribution in [1.29, 1.82) is 0 Å². The van der Waals surface area contributed by atoms with Crippen molar-refractivity contribution < 1.29 is 14.3 Å². The standard InChI is InChI=1S/C15H28N2O3/c1-16-15(18)7-10-17-8-5-13(6-9-17)20-12-14-4-2-3-11-19-14/h13-14H,2-12H2,1H3,(H,16,18)/t14-/m0/s1. The first-order valence-corrected chi connectivity index (χ1v) is 7.94. The van der Waals surface area contributed by atoms with Gasteiger partial charge in [0.2, 0.25) is 5.91 Å². The maximum absolute atomic E-state index is 11.2. The van der Waals surface area contributed by atoms with Crippen molar-refractivity contribution in [2.75, 3.05) is 39.9 Å². The SMILES string of the molecule is CNC(=O)CCN1CCC(OC[C@@H]2CCCCO2)CC1. The van der Waals surface area contributed by atoms with Gasteiger partial charge >= 0.3 is 0 Å². The van der Waals surface area contributed by atoms with Crippen molar-refractivity contribution in [1.82, 2.24) is 10.2 Å². The molecule has 0 aromatic rings. The smallest absolute Gasteiger partial charge is 0.221 e. The van der Waals surface area contributed by atoms with E-state index in [1.165, 1.54) is 12.8 Å². The zero-order valence-corrected chi connectivity index (χ0v) is 12.6. The molecule has 1 atom stereocenters. The quantitative estimate of drug-likeness (QED) is 0.795. The highest BCUT2D eigenvalue weighted by molar-refractivity contribution is 5.75. The molecule has 2 saturated heterocycles. The fraction of sp³-hybridized carbons (Fsp3) is 0.933. The summed E-state index contributed by atoms with van der Waals surface area (Å²) in [6.45, 7) is 4.58. The van der Waals surface area contributed by atoms with E-state index >= 15 is 0 Å². The van der Waals surface area contributed by atoms with Crippen LogP contribution in [0.3, 0.4) is 0 Å². The van der Waals surface area contributed by atoms with E-state index in [1.807, 2.05) is 0 Å². The summed E-state index contributed by atoms with van der Waals surface area (Å²) in [5.41, 5.74) is 0. The summed E-state index contributed by atoms with van der Waals surface area (Å²) < 4.78 is 11.7. The number of rotatable bonds is 6. The largest absolute Gasteiger partial charge is 0.376 e. The maximum atomic E-state index is 11.2. The van der Waals surface area contributed by atoms with E-state index in [-0.39, 0.29) is 5.91 Å². The number of carbonyl (C=O) groups excluding carboxylic acids is 1. The fourth-order valence-electron chi connectivity index (χ4n) is 2.87. The number of carbonyl (C=O) groups is 1. The summed E-state index contributed by atoms with van der Waals surface area (Å²) >= 11 is 0. The first-order chi connectivity index (χ1) is 9.78. The van der Waals surface area contributed by atoms with Crippen molar-refractivity contribution in [3.8, 4) is 0 Å². The lowest BCUT2D eigenvalue weighted by molar-refractivity contribution is -0.121. The number of ether oxygens (including phenoxy) is 2. The number of likely N-dealkylation sites (tertiary alicyclic amines) is 1. The van der Waals surface area contributed by atoms with E-state index in [0.717, 1.165) is 52.1 Å². The molecule has 0 bridgehead atoms. The number of nitrogens with one attached hydrogen (secondary N) is 1. The second-order valence-electron chi connectivity index (χ2n) is 5.79. The van der Waals surface area contributed by atoms with E-state index < -0.39 is 0 Å². The van der Waals surface area contributed by atoms with Gasteiger partial charge in [-0.2, -0.15) is 0 Å². The molecule has 0 aromatic carbocycles. The van der Waals surface area contributed by atoms with Crippen LogP contribution in [-0.4, -0.2) is 62.9 Å². The van der Waals surface area contributed by atoms with E-state index in [1.54, 1.807) is 7.05 Å². The van der Waals surface area contributed by atoms with Crippen molar-refractivity contribution in [2.24, 2.45) is 0 Å². The van der Waals surface area contributed by atoms with Gasteiger partial charge in [0.1, 0.15) is 0 Å². The highest BCUT2D eigenvalue weighted by Gasteiger charge is 2.22. The highest BCUT2D eigenvalue weighted by Crippen LogP contribution is 2.17. The number of hydrogen-bond donors (Lipinski definition) is 1. The molecule has 5 heteroatoms. The second-order valence-corrected chi connectivity index (χ2v) is 5.79. The molecule has 116 valence electrons. The van der Waals surface area contributed by atoms with Crippen LogP contribution in [0.4, 0.5) is 0 Å².